The van der Waals surface area contributed by atoms with E-state index in [1.807, 2.05) is 47.4 Å². The third-order valence-corrected chi connectivity index (χ3v) is 6.08. The van der Waals surface area contributed by atoms with E-state index in [0.29, 0.717) is 32.7 Å². The summed E-state index contributed by atoms with van der Waals surface area (Å²) in [6, 6.07) is 15.9. The van der Waals surface area contributed by atoms with Crippen molar-refractivity contribution in [1.29, 1.82) is 0 Å². The number of piperazine rings is 1. The van der Waals surface area contributed by atoms with Gasteiger partial charge in [-0.1, -0.05) is 18.2 Å². The van der Waals surface area contributed by atoms with Crippen LogP contribution in [0, 0.1) is 5.82 Å². The van der Waals surface area contributed by atoms with Gasteiger partial charge in [0.25, 0.3) is 0 Å². The van der Waals surface area contributed by atoms with E-state index in [-0.39, 0.29) is 17.8 Å². The largest absolute Gasteiger partial charge is 0.370 e. The molecule has 2 fully saturated rings. The van der Waals surface area contributed by atoms with Crippen LogP contribution in [0.5, 0.6) is 0 Å². The molecule has 3 amide bonds. The maximum absolute atomic E-state index is 13.2. The fourth-order valence-electron chi connectivity index (χ4n) is 4.21. The van der Waals surface area contributed by atoms with Gasteiger partial charge in [0.1, 0.15) is 5.82 Å². The summed E-state index contributed by atoms with van der Waals surface area (Å²) in [4.78, 5) is 33.3. The molecule has 2 aromatic carbocycles. The van der Waals surface area contributed by atoms with Crippen molar-refractivity contribution in [2.75, 3.05) is 69.1 Å². The molecule has 32 heavy (non-hydrogen) atoms. The van der Waals surface area contributed by atoms with E-state index in [0.717, 1.165) is 44.0 Å². The van der Waals surface area contributed by atoms with Gasteiger partial charge in [0.15, 0.2) is 0 Å². The molecule has 0 spiro atoms. The number of hydrogen-bond donors (Lipinski definition) is 1. The second-order valence-electron chi connectivity index (χ2n) is 8.26. The number of rotatable bonds is 4. The second-order valence-corrected chi connectivity index (χ2v) is 8.26. The minimum Gasteiger partial charge on any atom is -0.370 e. The van der Waals surface area contributed by atoms with E-state index in [2.05, 4.69) is 15.1 Å². The zero-order valence-corrected chi connectivity index (χ0v) is 18.3. The summed E-state index contributed by atoms with van der Waals surface area (Å²) in [5, 5.41) is 2.90. The summed E-state index contributed by atoms with van der Waals surface area (Å²) in [5.41, 5.74) is 1.79. The molecule has 2 saturated heterocycles. The zero-order valence-electron chi connectivity index (χ0n) is 18.3. The number of urea groups is 1. The van der Waals surface area contributed by atoms with Crippen molar-refractivity contribution in [2.24, 2.45) is 0 Å². The Balaban J connectivity index is 1.22. The van der Waals surface area contributed by atoms with Gasteiger partial charge in [-0.2, -0.15) is 0 Å². The highest BCUT2D eigenvalue weighted by molar-refractivity contribution is 5.89. The molecule has 7 nitrogen and oxygen atoms in total. The Hall–Kier alpha value is -3.13. The fraction of sp³-hybridized carbons (Fsp3) is 0.417. The number of anilines is 2. The van der Waals surface area contributed by atoms with Crippen molar-refractivity contribution in [3.63, 3.8) is 0 Å². The SMILES string of the molecule is O=C(CN1CCCN(c2ccc(F)cc2)CC1)N1CCN(C(=O)Nc2ccccc2)CC1. The quantitative estimate of drug-likeness (QED) is 0.796. The Labute approximate surface area is 188 Å². The first kappa shape index (κ1) is 22.1. The molecule has 4 rings (SSSR count). The van der Waals surface area contributed by atoms with Crippen LogP contribution in [0.25, 0.3) is 0 Å². The van der Waals surface area contributed by atoms with Crippen LogP contribution >= 0.6 is 0 Å². The Morgan fingerprint density at radius 2 is 1.47 bits per heavy atom. The van der Waals surface area contributed by atoms with Crippen LogP contribution in [0.4, 0.5) is 20.6 Å². The predicted molar refractivity (Wildman–Crippen MR) is 123 cm³/mol. The molecule has 0 bridgehead atoms. The van der Waals surface area contributed by atoms with Gasteiger partial charge in [-0.3, -0.25) is 9.69 Å². The van der Waals surface area contributed by atoms with Gasteiger partial charge >= 0.3 is 6.03 Å². The van der Waals surface area contributed by atoms with Crippen LogP contribution in [0.3, 0.4) is 0 Å². The van der Waals surface area contributed by atoms with Crippen LogP contribution in [0.1, 0.15) is 6.42 Å². The Morgan fingerprint density at radius 3 is 2.19 bits per heavy atom. The number of para-hydroxylation sites is 1. The average Bonchev–Trinajstić information content (AvgIpc) is 3.06. The lowest BCUT2D eigenvalue weighted by atomic mass is 10.2. The highest BCUT2D eigenvalue weighted by Gasteiger charge is 2.26. The molecule has 1 N–H and O–H groups in total. The van der Waals surface area contributed by atoms with Gasteiger partial charge in [-0.05, 0) is 42.8 Å². The first-order valence-corrected chi connectivity index (χ1v) is 11.2. The summed E-state index contributed by atoms with van der Waals surface area (Å²) in [5.74, 6) is -0.114. The Bertz CT molecular complexity index is 900. The van der Waals surface area contributed by atoms with Crippen molar-refractivity contribution < 1.29 is 14.0 Å². The monoisotopic (exact) mass is 439 g/mol. The van der Waals surface area contributed by atoms with Gasteiger partial charge in [0, 0.05) is 63.7 Å². The summed E-state index contributed by atoms with van der Waals surface area (Å²) in [6.45, 7) is 5.93. The third kappa shape index (κ3) is 5.76. The highest BCUT2D eigenvalue weighted by atomic mass is 19.1. The van der Waals surface area contributed by atoms with Gasteiger partial charge < -0.3 is 20.0 Å². The molecule has 0 atom stereocenters. The van der Waals surface area contributed by atoms with E-state index in [1.54, 1.807) is 4.90 Å². The Morgan fingerprint density at radius 1 is 0.781 bits per heavy atom. The van der Waals surface area contributed by atoms with Crippen molar-refractivity contribution in [1.82, 2.24) is 14.7 Å². The Kier molecular flexibility index (Phi) is 7.21. The molecule has 0 unspecified atom stereocenters. The molecule has 2 heterocycles. The number of nitrogens with zero attached hydrogens (tertiary/aromatic N) is 4. The molecule has 8 heteroatoms. The van der Waals surface area contributed by atoms with E-state index in [1.165, 1.54) is 12.1 Å². The maximum atomic E-state index is 13.2. The molecular weight excluding hydrogens is 409 g/mol. The van der Waals surface area contributed by atoms with Gasteiger partial charge in [-0.25, -0.2) is 9.18 Å². The van der Waals surface area contributed by atoms with E-state index >= 15 is 0 Å². The smallest absolute Gasteiger partial charge is 0.321 e. The topological polar surface area (TPSA) is 59.1 Å². The lowest BCUT2D eigenvalue weighted by Gasteiger charge is -2.35. The summed E-state index contributed by atoms with van der Waals surface area (Å²) in [6.07, 6.45) is 0.956. The van der Waals surface area contributed by atoms with Crippen LogP contribution in [-0.4, -0.2) is 85.5 Å². The average molecular weight is 440 g/mol. The van der Waals surface area contributed by atoms with E-state index < -0.39 is 0 Å². The van der Waals surface area contributed by atoms with Gasteiger partial charge in [0.05, 0.1) is 6.54 Å². The maximum Gasteiger partial charge on any atom is 0.321 e. The van der Waals surface area contributed by atoms with Crippen LogP contribution in [0.15, 0.2) is 54.6 Å². The van der Waals surface area contributed by atoms with E-state index in [9.17, 15) is 14.0 Å². The molecule has 0 radical (unpaired) electrons. The number of carbonyl (C=O) groups excluding carboxylic acids is 2. The molecule has 2 aliphatic heterocycles. The number of amides is 3. The van der Waals surface area contributed by atoms with Gasteiger partial charge in [0.2, 0.25) is 5.91 Å². The molecule has 2 aromatic rings. The minimum atomic E-state index is -0.228. The first-order valence-electron chi connectivity index (χ1n) is 11.2. The molecule has 0 aromatic heterocycles. The van der Waals surface area contributed by atoms with Crippen molar-refractivity contribution in [3.05, 3.63) is 60.4 Å². The predicted octanol–water partition coefficient (Wildman–Crippen LogP) is 2.71. The molecule has 0 aliphatic carbocycles. The van der Waals surface area contributed by atoms with Crippen molar-refractivity contribution in [2.45, 2.75) is 6.42 Å². The lowest BCUT2D eigenvalue weighted by Crippen LogP contribution is -2.53. The first-order chi connectivity index (χ1) is 15.6. The van der Waals surface area contributed by atoms with Crippen LogP contribution < -0.4 is 10.2 Å². The molecular formula is C24H30FN5O2. The number of halogens is 1. The molecule has 2 aliphatic rings. The van der Waals surface area contributed by atoms with Crippen molar-refractivity contribution in [3.8, 4) is 0 Å². The van der Waals surface area contributed by atoms with Crippen LogP contribution in [-0.2, 0) is 4.79 Å². The lowest BCUT2D eigenvalue weighted by molar-refractivity contribution is -0.133. The third-order valence-electron chi connectivity index (χ3n) is 6.08. The van der Waals surface area contributed by atoms with Crippen LogP contribution in [0.2, 0.25) is 0 Å². The number of hydrogen-bond acceptors (Lipinski definition) is 4. The molecule has 170 valence electrons. The fourth-order valence-corrected chi connectivity index (χ4v) is 4.21. The number of carbonyl (C=O) groups is 2. The summed E-state index contributed by atoms with van der Waals surface area (Å²) >= 11 is 0. The normalized spacial score (nSPS) is 17.7. The number of nitrogens with one attached hydrogen (secondary N) is 1. The standard InChI is InChI=1S/C24H30FN5O2/c25-20-7-9-22(10-8-20)28-12-4-11-27(13-14-28)19-23(31)29-15-17-30(18-16-29)24(32)26-21-5-2-1-3-6-21/h1-3,5-10H,4,11-19H2,(H,26,32). The summed E-state index contributed by atoms with van der Waals surface area (Å²) < 4.78 is 13.2. The summed E-state index contributed by atoms with van der Waals surface area (Å²) in [7, 11) is 0. The van der Waals surface area contributed by atoms with Crippen molar-refractivity contribution >= 4 is 23.3 Å². The minimum absolute atomic E-state index is 0.114. The molecule has 0 saturated carbocycles. The highest BCUT2D eigenvalue weighted by Crippen LogP contribution is 2.17. The van der Waals surface area contributed by atoms with E-state index in [4.69, 9.17) is 0 Å². The second kappa shape index (κ2) is 10.5. The van der Waals surface area contributed by atoms with Gasteiger partial charge in [-0.15, -0.1) is 0 Å². The zero-order chi connectivity index (χ0) is 22.3. The number of benzene rings is 2.